The van der Waals surface area contributed by atoms with Crippen molar-refractivity contribution in [1.29, 1.82) is 0 Å². The van der Waals surface area contributed by atoms with Gasteiger partial charge in [0.2, 0.25) is 10.0 Å². The summed E-state index contributed by atoms with van der Waals surface area (Å²) in [4.78, 5) is 0.0506. The van der Waals surface area contributed by atoms with Crippen LogP contribution in [0.25, 0.3) is 0 Å². The largest absolute Gasteiger partial charge is 0.242 e. The Kier molecular flexibility index (Phi) is 5.07. The second-order valence-corrected chi connectivity index (χ2v) is 7.01. The van der Waals surface area contributed by atoms with E-state index in [-0.39, 0.29) is 21.8 Å². The van der Waals surface area contributed by atoms with Crippen molar-refractivity contribution in [3.63, 3.8) is 0 Å². The fraction of sp³-hybridized carbons (Fsp3) is 0.333. The lowest BCUT2D eigenvalue weighted by atomic mass is 10.4. The van der Waals surface area contributed by atoms with Gasteiger partial charge in [-0.05, 0) is 25.1 Å². The van der Waals surface area contributed by atoms with Crippen molar-refractivity contribution in [3.8, 4) is 0 Å². The highest BCUT2D eigenvalue weighted by Crippen LogP contribution is 2.24. The normalized spacial score (nSPS) is 13.8. The fourth-order valence-corrected chi connectivity index (χ4v) is 3.33. The molecule has 1 N–H and O–H groups in total. The fourth-order valence-electron chi connectivity index (χ4n) is 0.995. The van der Waals surface area contributed by atoms with E-state index in [1.54, 1.807) is 13.0 Å². The molecular weight excluding hydrogens is 337 g/mol. The summed E-state index contributed by atoms with van der Waals surface area (Å²) in [5.74, 6) is 0. The number of hydrogen-bond donors (Lipinski definition) is 1. The quantitative estimate of drug-likeness (QED) is 0.852. The topological polar surface area (TPSA) is 46.2 Å². The molecule has 1 aromatic rings. The summed E-state index contributed by atoms with van der Waals surface area (Å²) in [6, 6.07) is 4.58. The van der Waals surface area contributed by atoms with E-state index in [1.165, 1.54) is 12.1 Å². The molecule has 0 amide bonds. The van der Waals surface area contributed by atoms with E-state index in [0.29, 0.717) is 0 Å². The Hall–Kier alpha value is 0.190. The smallest absolute Gasteiger partial charge is 0.210 e. The van der Waals surface area contributed by atoms with Gasteiger partial charge in [-0.1, -0.05) is 27.5 Å². The molecule has 0 aliphatic rings. The summed E-state index contributed by atoms with van der Waals surface area (Å²) in [5, 5.41) is -0.104. The van der Waals surface area contributed by atoms with Crippen LogP contribution in [0, 0.1) is 0 Å². The van der Waals surface area contributed by atoms with Gasteiger partial charge in [0.25, 0.3) is 0 Å². The summed E-state index contributed by atoms with van der Waals surface area (Å²) in [6.07, 6.45) is 0. The van der Waals surface area contributed by atoms with Crippen LogP contribution in [0.5, 0.6) is 0 Å². The zero-order chi connectivity index (χ0) is 12.3. The lowest BCUT2D eigenvalue weighted by molar-refractivity contribution is 0.581. The second-order valence-electron chi connectivity index (χ2n) is 3.21. The van der Waals surface area contributed by atoms with Crippen LogP contribution < -0.4 is 4.72 Å². The van der Waals surface area contributed by atoms with Crippen molar-refractivity contribution >= 4 is 49.2 Å². The number of nitrogens with one attached hydrogen (secondary N) is 1. The Morgan fingerprint density at radius 1 is 1.50 bits per heavy atom. The molecule has 1 rings (SSSR count). The zero-order valence-corrected chi connectivity index (χ0v) is 12.3. The second kappa shape index (κ2) is 5.69. The van der Waals surface area contributed by atoms with Crippen LogP contribution in [0.4, 0.5) is 0 Å². The van der Waals surface area contributed by atoms with Crippen LogP contribution in [-0.4, -0.2) is 20.3 Å². The molecule has 7 heteroatoms. The van der Waals surface area contributed by atoms with E-state index < -0.39 is 10.0 Å². The van der Waals surface area contributed by atoms with Crippen molar-refractivity contribution in [1.82, 2.24) is 4.72 Å². The molecule has 1 aromatic carbocycles. The average Bonchev–Trinajstić information content (AvgIpc) is 2.14. The van der Waals surface area contributed by atoms with E-state index in [4.69, 9.17) is 23.2 Å². The molecule has 1 atom stereocenters. The highest BCUT2D eigenvalue weighted by Gasteiger charge is 2.18. The van der Waals surface area contributed by atoms with Gasteiger partial charge in [0.1, 0.15) is 4.90 Å². The van der Waals surface area contributed by atoms with E-state index in [0.717, 1.165) is 4.47 Å². The Balaban J connectivity index is 2.99. The van der Waals surface area contributed by atoms with Crippen molar-refractivity contribution in [2.75, 3.05) is 6.54 Å². The predicted octanol–water partition coefficient (Wildman–Crippen LogP) is 3.01. The average molecular weight is 347 g/mol. The number of sulfonamides is 1. The van der Waals surface area contributed by atoms with Gasteiger partial charge in [-0.3, -0.25) is 0 Å². The third kappa shape index (κ3) is 3.89. The molecule has 0 aromatic heterocycles. The summed E-state index contributed by atoms with van der Waals surface area (Å²) in [6.45, 7) is 1.86. The SMILES string of the molecule is CC(Cl)CNS(=O)(=O)c1ccc(Br)cc1Cl. The van der Waals surface area contributed by atoms with Gasteiger partial charge in [0.05, 0.1) is 5.02 Å². The Bertz CT molecular complexity index is 476. The number of benzene rings is 1. The van der Waals surface area contributed by atoms with Crippen LogP contribution in [0.1, 0.15) is 6.92 Å². The van der Waals surface area contributed by atoms with Gasteiger partial charge >= 0.3 is 0 Å². The summed E-state index contributed by atoms with van der Waals surface area (Å²) in [5.41, 5.74) is 0. The van der Waals surface area contributed by atoms with Gasteiger partial charge in [0.15, 0.2) is 0 Å². The molecule has 0 spiro atoms. The Labute approximate surface area is 113 Å². The first-order valence-electron chi connectivity index (χ1n) is 4.41. The highest BCUT2D eigenvalue weighted by atomic mass is 79.9. The first kappa shape index (κ1) is 14.3. The molecule has 0 radical (unpaired) electrons. The van der Waals surface area contributed by atoms with Crippen molar-refractivity contribution < 1.29 is 8.42 Å². The van der Waals surface area contributed by atoms with Crippen LogP contribution in [0.2, 0.25) is 5.02 Å². The molecule has 16 heavy (non-hydrogen) atoms. The maximum atomic E-state index is 11.8. The lowest BCUT2D eigenvalue weighted by Gasteiger charge is -2.09. The molecular formula is C9H10BrCl2NO2S. The molecule has 3 nitrogen and oxygen atoms in total. The Morgan fingerprint density at radius 3 is 2.62 bits per heavy atom. The maximum Gasteiger partial charge on any atom is 0.242 e. The summed E-state index contributed by atoms with van der Waals surface area (Å²) >= 11 is 14.7. The van der Waals surface area contributed by atoms with Crippen LogP contribution in [-0.2, 0) is 10.0 Å². The monoisotopic (exact) mass is 345 g/mol. The van der Waals surface area contributed by atoms with E-state index in [2.05, 4.69) is 20.7 Å². The minimum atomic E-state index is -3.59. The number of hydrogen-bond acceptors (Lipinski definition) is 2. The molecule has 0 aliphatic heterocycles. The molecule has 1 unspecified atom stereocenters. The molecule has 0 heterocycles. The van der Waals surface area contributed by atoms with E-state index in [1.807, 2.05) is 0 Å². The minimum absolute atomic E-state index is 0.0506. The van der Waals surface area contributed by atoms with Crippen LogP contribution >= 0.6 is 39.1 Å². The van der Waals surface area contributed by atoms with Crippen molar-refractivity contribution in [2.45, 2.75) is 17.2 Å². The van der Waals surface area contributed by atoms with Gasteiger partial charge in [0, 0.05) is 16.4 Å². The molecule has 0 saturated carbocycles. The number of rotatable bonds is 4. The first-order chi connectivity index (χ1) is 7.33. The number of alkyl halides is 1. The lowest BCUT2D eigenvalue weighted by Crippen LogP contribution is -2.28. The van der Waals surface area contributed by atoms with E-state index >= 15 is 0 Å². The predicted molar refractivity (Wildman–Crippen MR) is 69.7 cm³/mol. The van der Waals surface area contributed by atoms with Crippen molar-refractivity contribution in [2.24, 2.45) is 0 Å². The third-order valence-corrected chi connectivity index (χ3v) is 4.29. The summed E-state index contributed by atoms with van der Waals surface area (Å²) < 4.78 is 26.7. The van der Waals surface area contributed by atoms with Gasteiger partial charge in [-0.25, -0.2) is 13.1 Å². The minimum Gasteiger partial charge on any atom is -0.210 e. The maximum absolute atomic E-state index is 11.8. The summed E-state index contributed by atoms with van der Waals surface area (Å²) in [7, 11) is -3.59. The molecule has 90 valence electrons. The Morgan fingerprint density at radius 2 is 2.12 bits per heavy atom. The van der Waals surface area contributed by atoms with Crippen LogP contribution in [0.3, 0.4) is 0 Å². The van der Waals surface area contributed by atoms with Gasteiger partial charge in [-0.15, -0.1) is 11.6 Å². The third-order valence-electron chi connectivity index (χ3n) is 1.74. The van der Waals surface area contributed by atoms with E-state index in [9.17, 15) is 8.42 Å². The molecule has 0 fully saturated rings. The van der Waals surface area contributed by atoms with Gasteiger partial charge in [-0.2, -0.15) is 0 Å². The van der Waals surface area contributed by atoms with Crippen molar-refractivity contribution in [3.05, 3.63) is 27.7 Å². The number of halogens is 3. The van der Waals surface area contributed by atoms with Crippen LogP contribution in [0.15, 0.2) is 27.6 Å². The zero-order valence-electron chi connectivity index (χ0n) is 8.38. The highest BCUT2D eigenvalue weighted by molar-refractivity contribution is 9.10. The molecule has 0 aliphatic carbocycles. The molecule has 0 bridgehead atoms. The standard InChI is InChI=1S/C9H10BrCl2NO2S/c1-6(11)5-13-16(14,15)9-3-2-7(10)4-8(9)12/h2-4,6,13H,5H2,1H3. The molecule has 0 saturated heterocycles. The first-order valence-corrected chi connectivity index (χ1v) is 7.51. The van der Waals surface area contributed by atoms with Gasteiger partial charge < -0.3 is 0 Å².